The smallest absolute Gasteiger partial charge is 0.159 e. The molecule has 0 unspecified atom stereocenters. The monoisotopic (exact) mass is 176 g/mol. The summed E-state index contributed by atoms with van der Waals surface area (Å²) < 4.78 is 0. The number of ketones is 1. The van der Waals surface area contributed by atoms with Crippen LogP contribution in [0.4, 0.5) is 0 Å². The van der Waals surface area contributed by atoms with Crippen LogP contribution in [0.15, 0.2) is 18.2 Å². The van der Waals surface area contributed by atoms with E-state index in [4.69, 9.17) is 0 Å². The highest BCUT2D eigenvalue weighted by Gasteiger charge is 2.06. The van der Waals surface area contributed by atoms with Crippen LogP contribution in [0.2, 0.25) is 0 Å². The fourth-order valence-electron chi connectivity index (χ4n) is 1.48. The Morgan fingerprint density at radius 2 is 1.92 bits per heavy atom. The van der Waals surface area contributed by atoms with Gasteiger partial charge in [-0.3, -0.25) is 4.79 Å². The van der Waals surface area contributed by atoms with Gasteiger partial charge in [-0.25, -0.2) is 0 Å². The van der Waals surface area contributed by atoms with Crippen LogP contribution in [0, 0.1) is 6.92 Å². The molecule has 0 aliphatic carbocycles. The van der Waals surface area contributed by atoms with Crippen molar-refractivity contribution >= 4 is 5.78 Å². The van der Waals surface area contributed by atoms with Crippen molar-refractivity contribution in [1.82, 2.24) is 0 Å². The van der Waals surface area contributed by atoms with Gasteiger partial charge in [-0.15, -0.1) is 0 Å². The van der Waals surface area contributed by atoms with Gasteiger partial charge in [0.15, 0.2) is 5.78 Å². The van der Waals surface area contributed by atoms with Crippen molar-refractivity contribution in [2.75, 3.05) is 0 Å². The molecule has 0 aliphatic rings. The van der Waals surface area contributed by atoms with Gasteiger partial charge in [0.2, 0.25) is 0 Å². The number of Topliss-reactive ketones (excluding diaryl/α,β-unsaturated/α-hetero) is 1. The fraction of sp³-hybridized carbons (Fsp3) is 0.417. The first-order valence-corrected chi connectivity index (χ1v) is 4.64. The number of hydrogen-bond donors (Lipinski definition) is 0. The Bertz CT molecular complexity index is 324. The summed E-state index contributed by atoms with van der Waals surface area (Å²) in [5, 5.41) is 0. The summed E-state index contributed by atoms with van der Waals surface area (Å²) in [6.45, 7) is 7.98. The summed E-state index contributed by atoms with van der Waals surface area (Å²) in [5.74, 6) is 0.626. The first kappa shape index (κ1) is 9.97. The third kappa shape index (κ3) is 2.18. The third-order valence-electron chi connectivity index (χ3n) is 2.31. The van der Waals surface area contributed by atoms with Gasteiger partial charge >= 0.3 is 0 Å². The van der Waals surface area contributed by atoms with Gasteiger partial charge in [0.25, 0.3) is 0 Å². The topological polar surface area (TPSA) is 17.1 Å². The Labute approximate surface area is 79.8 Å². The lowest BCUT2D eigenvalue weighted by Crippen LogP contribution is -1.97. The number of benzene rings is 1. The molecule has 1 heteroatoms. The summed E-state index contributed by atoms with van der Waals surface area (Å²) in [4.78, 5) is 11.1. The molecule has 0 saturated heterocycles. The molecule has 0 amide bonds. The van der Waals surface area contributed by atoms with Crippen molar-refractivity contribution in [1.29, 1.82) is 0 Å². The molecule has 1 aromatic rings. The standard InChI is InChI=1S/C12H16O/c1-8(2)12-7-11(10(4)13)6-5-9(12)3/h5-8H,1-4H3. The second-order valence-corrected chi connectivity index (χ2v) is 3.78. The van der Waals surface area contributed by atoms with E-state index < -0.39 is 0 Å². The van der Waals surface area contributed by atoms with E-state index in [1.54, 1.807) is 6.92 Å². The maximum atomic E-state index is 11.1. The number of aryl methyl sites for hydroxylation is 1. The predicted octanol–water partition coefficient (Wildman–Crippen LogP) is 3.32. The van der Waals surface area contributed by atoms with E-state index in [1.807, 2.05) is 18.2 Å². The molecule has 0 bridgehead atoms. The summed E-state index contributed by atoms with van der Waals surface area (Å²) in [6.07, 6.45) is 0. The summed E-state index contributed by atoms with van der Waals surface area (Å²) in [5.41, 5.74) is 3.35. The first-order valence-electron chi connectivity index (χ1n) is 4.64. The minimum Gasteiger partial charge on any atom is -0.295 e. The molecule has 0 saturated carbocycles. The van der Waals surface area contributed by atoms with Crippen molar-refractivity contribution in [2.24, 2.45) is 0 Å². The van der Waals surface area contributed by atoms with Gasteiger partial charge in [0, 0.05) is 5.56 Å². The Kier molecular flexibility index (Phi) is 2.86. The van der Waals surface area contributed by atoms with E-state index in [0.29, 0.717) is 5.92 Å². The second-order valence-electron chi connectivity index (χ2n) is 3.78. The zero-order valence-electron chi connectivity index (χ0n) is 8.72. The highest BCUT2D eigenvalue weighted by molar-refractivity contribution is 5.94. The van der Waals surface area contributed by atoms with Crippen LogP contribution in [0.25, 0.3) is 0 Å². The maximum Gasteiger partial charge on any atom is 0.159 e. The van der Waals surface area contributed by atoms with E-state index >= 15 is 0 Å². The number of rotatable bonds is 2. The van der Waals surface area contributed by atoms with Crippen LogP contribution in [-0.4, -0.2) is 5.78 Å². The largest absolute Gasteiger partial charge is 0.295 e. The zero-order valence-corrected chi connectivity index (χ0v) is 8.72. The molecule has 1 nitrogen and oxygen atoms in total. The second kappa shape index (κ2) is 3.73. The van der Waals surface area contributed by atoms with Crippen LogP contribution in [0.3, 0.4) is 0 Å². The highest BCUT2D eigenvalue weighted by Crippen LogP contribution is 2.20. The molecule has 0 aromatic heterocycles. The maximum absolute atomic E-state index is 11.1. The molecule has 1 aromatic carbocycles. The van der Waals surface area contributed by atoms with Crippen LogP contribution < -0.4 is 0 Å². The van der Waals surface area contributed by atoms with Gasteiger partial charge in [0.1, 0.15) is 0 Å². The molecule has 0 radical (unpaired) electrons. The van der Waals surface area contributed by atoms with Gasteiger partial charge in [-0.1, -0.05) is 26.0 Å². The quantitative estimate of drug-likeness (QED) is 0.632. The summed E-state index contributed by atoms with van der Waals surface area (Å²) >= 11 is 0. The Balaban J connectivity index is 3.19. The van der Waals surface area contributed by atoms with Gasteiger partial charge in [0.05, 0.1) is 0 Å². The van der Waals surface area contributed by atoms with Crippen molar-refractivity contribution in [2.45, 2.75) is 33.6 Å². The minimum absolute atomic E-state index is 0.141. The van der Waals surface area contributed by atoms with Gasteiger partial charge in [-0.2, -0.15) is 0 Å². The van der Waals surface area contributed by atoms with Crippen LogP contribution in [0.1, 0.15) is 48.2 Å². The molecule has 0 heterocycles. The number of hydrogen-bond acceptors (Lipinski definition) is 1. The average molecular weight is 176 g/mol. The molecule has 0 spiro atoms. The zero-order chi connectivity index (χ0) is 10.0. The Morgan fingerprint density at radius 1 is 1.31 bits per heavy atom. The molecule has 1 rings (SSSR count). The molecule has 0 atom stereocenters. The Morgan fingerprint density at radius 3 is 2.38 bits per heavy atom. The van der Waals surface area contributed by atoms with Gasteiger partial charge in [-0.05, 0) is 37.0 Å². The van der Waals surface area contributed by atoms with E-state index in [0.717, 1.165) is 5.56 Å². The van der Waals surface area contributed by atoms with Crippen molar-refractivity contribution in [3.63, 3.8) is 0 Å². The fourth-order valence-corrected chi connectivity index (χ4v) is 1.48. The molecule has 13 heavy (non-hydrogen) atoms. The molecule has 70 valence electrons. The van der Waals surface area contributed by atoms with E-state index in [2.05, 4.69) is 20.8 Å². The lowest BCUT2D eigenvalue weighted by Gasteiger charge is -2.10. The normalized spacial score (nSPS) is 10.5. The van der Waals surface area contributed by atoms with Crippen molar-refractivity contribution in [3.8, 4) is 0 Å². The molecule has 0 aliphatic heterocycles. The van der Waals surface area contributed by atoms with E-state index in [1.165, 1.54) is 11.1 Å². The van der Waals surface area contributed by atoms with Crippen LogP contribution in [-0.2, 0) is 0 Å². The predicted molar refractivity (Wildman–Crippen MR) is 55.3 cm³/mol. The highest BCUT2D eigenvalue weighted by atomic mass is 16.1. The SMILES string of the molecule is CC(=O)c1ccc(C)c(C(C)C)c1. The lowest BCUT2D eigenvalue weighted by molar-refractivity contribution is 0.101. The molecular weight excluding hydrogens is 160 g/mol. The lowest BCUT2D eigenvalue weighted by atomic mass is 9.95. The molecular formula is C12H16O. The van der Waals surface area contributed by atoms with Gasteiger partial charge < -0.3 is 0 Å². The molecule has 0 N–H and O–H groups in total. The van der Waals surface area contributed by atoms with E-state index in [9.17, 15) is 4.79 Å². The van der Waals surface area contributed by atoms with Crippen molar-refractivity contribution < 1.29 is 4.79 Å². The Hall–Kier alpha value is -1.11. The minimum atomic E-state index is 0.141. The van der Waals surface area contributed by atoms with Crippen LogP contribution in [0.5, 0.6) is 0 Å². The summed E-state index contributed by atoms with van der Waals surface area (Å²) in [6, 6.07) is 5.91. The average Bonchev–Trinajstić information content (AvgIpc) is 2.04. The van der Waals surface area contributed by atoms with Crippen molar-refractivity contribution in [3.05, 3.63) is 34.9 Å². The number of carbonyl (C=O) groups excluding carboxylic acids is 1. The number of carbonyl (C=O) groups is 1. The van der Waals surface area contributed by atoms with E-state index in [-0.39, 0.29) is 5.78 Å². The summed E-state index contributed by atoms with van der Waals surface area (Å²) in [7, 11) is 0. The third-order valence-corrected chi connectivity index (χ3v) is 2.31. The molecule has 0 fully saturated rings. The first-order chi connectivity index (χ1) is 6.02. The van der Waals surface area contributed by atoms with Crippen LogP contribution >= 0.6 is 0 Å².